The summed E-state index contributed by atoms with van der Waals surface area (Å²) in [4.78, 5) is 13.1. The van der Waals surface area contributed by atoms with Crippen LogP contribution in [0.15, 0.2) is 29.2 Å². The highest BCUT2D eigenvalue weighted by molar-refractivity contribution is 7.98. The monoisotopic (exact) mass is 236 g/mol. The minimum absolute atomic E-state index is 0.0758. The van der Waals surface area contributed by atoms with Gasteiger partial charge in [-0.05, 0) is 36.8 Å². The predicted octanol–water partition coefficient (Wildman–Crippen LogP) is 1.69. The lowest BCUT2D eigenvalue weighted by Gasteiger charge is -2.15. The van der Waals surface area contributed by atoms with Gasteiger partial charge in [-0.25, -0.2) is 5.43 Å². The molecule has 1 saturated carbocycles. The van der Waals surface area contributed by atoms with Crippen LogP contribution in [-0.2, 0) is 10.2 Å². The van der Waals surface area contributed by atoms with Crippen LogP contribution in [0, 0.1) is 0 Å². The normalized spacial score (nSPS) is 16.9. The number of hydrogen-bond acceptors (Lipinski definition) is 3. The maximum absolute atomic E-state index is 11.9. The van der Waals surface area contributed by atoms with Gasteiger partial charge in [0.1, 0.15) is 0 Å². The van der Waals surface area contributed by atoms with E-state index in [1.165, 1.54) is 4.90 Å². The van der Waals surface area contributed by atoms with Crippen LogP contribution < -0.4 is 10.9 Å². The Morgan fingerprint density at radius 2 is 1.94 bits per heavy atom. The average molecular weight is 236 g/mol. The molecule has 3 nitrogen and oxygen atoms in total. The van der Waals surface area contributed by atoms with Gasteiger partial charge in [0.2, 0.25) is 5.91 Å². The Bertz CT molecular complexity index is 385. The summed E-state index contributed by atoms with van der Waals surface area (Å²) in [6, 6.07) is 8.28. The third kappa shape index (κ3) is 1.95. The number of benzene rings is 1. The topological polar surface area (TPSA) is 41.1 Å². The summed E-state index contributed by atoms with van der Waals surface area (Å²) < 4.78 is 0. The molecule has 1 fully saturated rings. The van der Waals surface area contributed by atoms with E-state index in [9.17, 15) is 4.79 Å². The van der Waals surface area contributed by atoms with Crippen LogP contribution in [0.3, 0.4) is 0 Å². The lowest BCUT2D eigenvalue weighted by molar-refractivity contribution is -0.124. The van der Waals surface area contributed by atoms with Crippen LogP contribution in [0.25, 0.3) is 0 Å². The van der Waals surface area contributed by atoms with Crippen molar-refractivity contribution in [3.63, 3.8) is 0 Å². The van der Waals surface area contributed by atoms with E-state index in [-0.39, 0.29) is 11.3 Å². The maximum atomic E-state index is 11.9. The molecule has 0 spiro atoms. The van der Waals surface area contributed by atoms with Crippen LogP contribution in [0.1, 0.15) is 18.4 Å². The standard InChI is InChI=1S/C12H16N2OS/c1-13-14-11(15)12(7-8-12)9-3-5-10(16-2)6-4-9/h3-6,13H,7-8H2,1-2H3,(H,14,15). The third-order valence-electron chi connectivity index (χ3n) is 3.07. The van der Waals surface area contributed by atoms with Gasteiger partial charge >= 0.3 is 0 Å². The van der Waals surface area contributed by atoms with Crippen molar-refractivity contribution in [1.82, 2.24) is 10.9 Å². The minimum atomic E-state index is -0.278. The summed E-state index contributed by atoms with van der Waals surface area (Å²) in [6.07, 6.45) is 3.94. The summed E-state index contributed by atoms with van der Waals surface area (Å²) in [5, 5.41) is 0. The third-order valence-corrected chi connectivity index (χ3v) is 3.81. The number of rotatable bonds is 4. The molecule has 1 aliphatic carbocycles. The Labute approximate surface area is 100.0 Å². The molecule has 0 unspecified atom stereocenters. The Morgan fingerprint density at radius 1 is 1.31 bits per heavy atom. The predicted molar refractivity (Wildman–Crippen MR) is 66.3 cm³/mol. The molecule has 1 amide bonds. The fourth-order valence-corrected chi connectivity index (χ4v) is 2.32. The molecule has 0 aliphatic heterocycles. The van der Waals surface area contributed by atoms with Crippen molar-refractivity contribution in [2.75, 3.05) is 13.3 Å². The largest absolute Gasteiger partial charge is 0.291 e. The highest BCUT2D eigenvalue weighted by Gasteiger charge is 2.51. The zero-order chi connectivity index (χ0) is 11.6. The number of hydrogen-bond donors (Lipinski definition) is 2. The quantitative estimate of drug-likeness (QED) is 0.617. The second kappa shape index (κ2) is 4.47. The van der Waals surface area contributed by atoms with Crippen molar-refractivity contribution < 1.29 is 4.79 Å². The van der Waals surface area contributed by atoms with Crippen LogP contribution in [0.4, 0.5) is 0 Å². The first-order valence-electron chi connectivity index (χ1n) is 5.34. The summed E-state index contributed by atoms with van der Waals surface area (Å²) in [5.41, 5.74) is 6.23. The summed E-state index contributed by atoms with van der Waals surface area (Å²) in [7, 11) is 1.71. The van der Waals surface area contributed by atoms with Crippen LogP contribution in [-0.4, -0.2) is 19.2 Å². The Morgan fingerprint density at radius 3 is 2.38 bits per heavy atom. The number of carbonyl (C=O) groups excluding carboxylic acids is 1. The van der Waals surface area contributed by atoms with E-state index in [1.54, 1.807) is 18.8 Å². The summed E-state index contributed by atoms with van der Waals surface area (Å²) in [6.45, 7) is 0. The molecule has 1 aromatic carbocycles. The second-order valence-electron chi connectivity index (χ2n) is 4.01. The van der Waals surface area contributed by atoms with Gasteiger partial charge in [0.05, 0.1) is 5.41 Å². The van der Waals surface area contributed by atoms with Gasteiger partial charge < -0.3 is 0 Å². The zero-order valence-corrected chi connectivity index (χ0v) is 10.4. The first kappa shape index (κ1) is 11.5. The van der Waals surface area contributed by atoms with E-state index >= 15 is 0 Å². The van der Waals surface area contributed by atoms with Crippen LogP contribution >= 0.6 is 11.8 Å². The van der Waals surface area contributed by atoms with E-state index in [0.717, 1.165) is 18.4 Å². The number of hydrazine groups is 1. The van der Waals surface area contributed by atoms with Crippen LogP contribution in [0.5, 0.6) is 0 Å². The SMILES string of the molecule is CNNC(=O)C1(c2ccc(SC)cc2)CC1. The van der Waals surface area contributed by atoms with Gasteiger partial charge in [0.25, 0.3) is 0 Å². The zero-order valence-electron chi connectivity index (χ0n) is 9.54. The van der Waals surface area contributed by atoms with Gasteiger partial charge in [0.15, 0.2) is 0 Å². The van der Waals surface area contributed by atoms with Gasteiger partial charge in [-0.3, -0.25) is 10.2 Å². The summed E-state index contributed by atoms with van der Waals surface area (Å²) in [5.74, 6) is 0.0758. The lowest BCUT2D eigenvalue weighted by atomic mass is 9.95. The number of nitrogens with one attached hydrogen (secondary N) is 2. The second-order valence-corrected chi connectivity index (χ2v) is 4.89. The molecule has 0 saturated heterocycles. The highest BCUT2D eigenvalue weighted by Crippen LogP contribution is 2.48. The Hall–Kier alpha value is -1.00. The molecule has 1 aromatic rings. The van der Waals surface area contributed by atoms with Crippen molar-refractivity contribution in [2.24, 2.45) is 0 Å². The minimum Gasteiger partial charge on any atom is -0.291 e. The van der Waals surface area contributed by atoms with Crippen molar-refractivity contribution in [2.45, 2.75) is 23.2 Å². The van der Waals surface area contributed by atoms with E-state index in [2.05, 4.69) is 41.4 Å². The van der Waals surface area contributed by atoms with Gasteiger partial charge in [0, 0.05) is 11.9 Å². The Kier molecular flexibility index (Phi) is 3.21. The first-order chi connectivity index (χ1) is 7.73. The van der Waals surface area contributed by atoms with E-state index in [4.69, 9.17) is 0 Å². The molecule has 0 radical (unpaired) electrons. The molecule has 86 valence electrons. The molecule has 0 atom stereocenters. The van der Waals surface area contributed by atoms with Gasteiger partial charge in [-0.2, -0.15) is 0 Å². The fourth-order valence-electron chi connectivity index (χ4n) is 1.92. The molecular formula is C12H16N2OS. The van der Waals surface area contributed by atoms with Crippen molar-refractivity contribution in [3.05, 3.63) is 29.8 Å². The van der Waals surface area contributed by atoms with E-state index < -0.39 is 0 Å². The number of carbonyl (C=O) groups is 1. The molecule has 0 heterocycles. The fraction of sp³-hybridized carbons (Fsp3) is 0.417. The highest BCUT2D eigenvalue weighted by atomic mass is 32.2. The lowest BCUT2D eigenvalue weighted by Crippen LogP contribution is -2.41. The number of amides is 1. The molecule has 4 heteroatoms. The van der Waals surface area contributed by atoms with Gasteiger partial charge in [-0.1, -0.05) is 12.1 Å². The van der Waals surface area contributed by atoms with Crippen molar-refractivity contribution in [3.8, 4) is 0 Å². The molecule has 1 aliphatic rings. The number of thioether (sulfide) groups is 1. The first-order valence-corrected chi connectivity index (χ1v) is 6.57. The maximum Gasteiger partial charge on any atom is 0.244 e. The molecule has 0 bridgehead atoms. The van der Waals surface area contributed by atoms with Crippen molar-refractivity contribution >= 4 is 17.7 Å². The Balaban J connectivity index is 2.19. The van der Waals surface area contributed by atoms with Crippen molar-refractivity contribution in [1.29, 1.82) is 0 Å². The molecule has 2 rings (SSSR count). The molecule has 16 heavy (non-hydrogen) atoms. The van der Waals surface area contributed by atoms with Crippen LogP contribution in [0.2, 0.25) is 0 Å². The average Bonchev–Trinajstić information content (AvgIpc) is 3.11. The summed E-state index contributed by atoms with van der Waals surface area (Å²) >= 11 is 1.71. The molecular weight excluding hydrogens is 220 g/mol. The molecule has 0 aromatic heterocycles. The van der Waals surface area contributed by atoms with E-state index in [1.807, 2.05) is 0 Å². The van der Waals surface area contributed by atoms with Gasteiger partial charge in [-0.15, -0.1) is 11.8 Å². The molecule has 2 N–H and O–H groups in total. The van der Waals surface area contributed by atoms with E-state index in [0.29, 0.717) is 0 Å². The smallest absolute Gasteiger partial charge is 0.244 e.